The largest absolute Gasteiger partial charge is 0.504 e. The average Bonchev–Trinajstić information content (AvgIpc) is 2.40. The van der Waals surface area contributed by atoms with Crippen molar-refractivity contribution in [1.29, 1.82) is 0 Å². The quantitative estimate of drug-likeness (QED) is 0.854. The Hall–Kier alpha value is -2.63. The summed E-state index contributed by atoms with van der Waals surface area (Å²) in [6.07, 6.45) is 3.14. The van der Waals surface area contributed by atoms with Gasteiger partial charge in [-0.1, -0.05) is 12.1 Å². The van der Waals surface area contributed by atoms with E-state index in [1.807, 2.05) is 0 Å². The molecule has 0 aliphatic rings. The van der Waals surface area contributed by atoms with Gasteiger partial charge in [-0.15, -0.1) is 0 Å². The molecule has 0 spiro atoms. The first-order chi connectivity index (χ1) is 9.15. The molecule has 1 aromatic heterocycles. The van der Waals surface area contributed by atoms with Gasteiger partial charge in [-0.25, -0.2) is 9.97 Å². The number of phenolic OH excluding ortho intramolecular Hbond substituents is 1. The number of aliphatic carboxylic acids is 1. The van der Waals surface area contributed by atoms with Crippen LogP contribution in [0.4, 0.5) is 0 Å². The molecule has 6 heteroatoms. The van der Waals surface area contributed by atoms with Crippen LogP contribution in [-0.2, 0) is 11.2 Å². The van der Waals surface area contributed by atoms with E-state index in [-0.39, 0.29) is 18.6 Å². The number of carboxylic acid groups (broad SMARTS) is 1. The fraction of sp³-hybridized carbons (Fsp3) is 0.154. The lowest BCUT2D eigenvalue weighted by Gasteiger charge is -2.06. The molecule has 6 nitrogen and oxygen atoms in total. The van der Waals surface area contributed by atoms with Crippen molar-refractivity contribution in [1.82, 2.24) is 9.97 Å². The fourth-order valence-corrected chi connectivity index (χ4v) is 1.41. The molecule has 0 radical (unpaired) electrons. The number of aromatic hydroxyl groups is 1. The van der Waals surface area contributed by atoms with Gasteiger partial charge in [0.05, 0.1) is 18.8 Å². The molecule has 0 saturated heterocycles. The predicted molar refractivity (Wildman–Crippen MR) is 66.2 cm³/mol. The molecule has 0 saturated carbocycles. The first-order valence-corrected chi connectivity index (χ1v) is 5.64. The number of aryl methyl sites for hydroxylation is 1. The summed E-state index contributed by atoms with van der Waals surface area (Å²) in [4.78, 5) is 18.4. The zero-order valence-electron chi connectivity index (χ0n) is 9.98. The summed E-state index contributed by atoms with van der Waals surface area (Å²) >= 11 is 0. The smallest absolute Gasteiger partial charge is 0.303 e. The van der Waals surface area contributed by atoms with Gasteiger partial charge in [0.2, 0.25) is 0 Å². The van der Waals surface area contributed by atoms with Crippen molar-refractivity contribution in [2.75, 3.05) is 0 Å². The molecule has 0 aliphatic heterocycles. The predicted octanol–water partition coefficient (Wildman–Crippen LogP) is 1.99. The summed E-state index contributed by atoms with van der Waals surface area (Å²) in [5.74, 6) is 0.257. The second-order valence-corrected chi connectivity index (χ2v) is 3.80. The molecule has 2 N–H and O–H groups in total. The molecule has 98 valence electrons. The van der Waals surface area contributed by atoms with Crippen molar-refractivity contribution in [2.24, 2.45) is 0 Å². The van der Waals surface area contributed by atoms with Crippen LogP contribution in [0.2, 0.25) is 0 Å². The van der Waals surface area contributed by atoms with E-state index in [1.54, 1.807) is 18.2 Å². The van der Waals surface area contributed by atoms with E-state index >= 15 is 0 Å². The second kappa shape index (κ2) is 5.81. The van der Waals surface area contributed by atoms with Crippen molar-refractivity contribution >= 4 is 5.97 Å². The minimum Gasteiger partial charge on any atom is -0.504 e. The van der Waals surface area contributed by atoms with Crippen LogP contribution in [0.15, 0.2) is 36.7 Å². The van der Waals surface area contributed by atoms with E-state index in [9.17, 15) is 9.90 Å². The Morgan fingerprint density at radius 3 is 2.53 bits per heavy atom. The van der Waals surface area contributed by atoms with Crippen LogP contribution in [0.3, 0.4) is 0 Å². The number of nitrogens with zero attached hydrogens (tertiary/aromatic N) is 2. The molecule has 1 aromatic carbocycles. The summed E-state index contributed by atoms with van der Waals surface area (Å²) in [5.41, 5.74) is 0. The number of phenols is 1. The van der Waals surface area contributed by atoms with Gasteiger partial charge < -0.3 is 14.9 Å². The van der Waals surface area contributed by atoms with Gasteiger partial charge >= 0.3 is 5.97 Å². The maximum atomic E-state index is 10.4. The summed E-state index contributed by atoms with van der Waals surface area (Å²) in [5, 5.41) is 18.1. The van der Waals surface area contributed by atoms with Crippen LogP contribution in [0.5, 0.6) is 17.2 Å². The summed E-state index contributed by atoms with van der Waals surface area (Å²) < 4.78 is 5.40. The minimum absolute atomic E-state index is 0.0142. The first-order valence-electron chi connectivity index (χ1n) is 5.64. The number of carboxylic acids is 1. The van der Waals surface area contributed by atoms with Crippen molar-refractivity contribution in [3.8, 4) is 17.2 Å². The van der Waals surface area contributed by atoms with E-state index < -0.39 is 5.97 Å². The highest BCUT2D eigenvalue weighted by molar-refractivity contribution is 5.66. The summed E-state index contributed by atoms with van der Waals surface area (Å²) in [7, 11) is 0. The summed E-state index contributed by atoms with van der Waals surface area (Å²) in [6, 6.07) is 6.55. The number of carbonyl (C=O) groups is 1. The van der Waals surface area contributed by atoms with Crippen molar-refractivity contribution in [3.05, 3.63) is 42.5 Å². The standard InChI is InChI=1S/C13H12N2O4/c16-10-3-1-2-4-11(10)19-9-7-14-12(15-8-9)5-6-13(17)18/h1-4,7-8,16H,5-6H2,(H,17,18). The molecule has 0 bridgehead atoms. The number of rotatable bonds is 5. The Bertz CT molecular complexity index is 569. The first kappa shape index (κ1) is 12.8. The number of aromatic nitrogens is 2. The third-order valence-electron chi connectivity index (χ3n) is 2.34. The van der Waals surface area contributed by atoms with Crippen LogP contribution < -0.4 is 4.74 Å². The normalized spacial score (nSPS) is 10.1. The van der Waals surface area contributed by atoms with Crippen LogP contribution in [0, 0.1) is 0 Å². The van der Waals surface area contributed by atoms with Gasteiger partial charge in [0, 0.05) is 6.42 Å². The van der Waals surface area contributed by atoms with Crippen LogP contribution in [0.25, 0.3) is 0 Å². The van der Waals surface area contributed by atoms with E-state index in [2.05, 4.69) is 9.97 Å². The zero-order valence-corrected chi connectivity index (χ0v) is 9.98. The topological polar surface area (TPSA) is 92.5 Å². The van der Waals surface area contributed by atoms with Gasteiger partial charge in [-0.05, 0) is 12.1 Å². The molecule has 0 atom stereocenters. The molecule has 0 unspecified atom stereocenters. The zero-order chi connectivity index (χ0) is 13.7. The average molecular weight is 260 g/mol. The molecule has 2 aromatic rings. The third-order valence-corrected chi connectivity index (χ3v) is 2.34. The van der Waals surface area contributed by atoms with Crippen molar-refractivity contribution < 1.29 is 19.7 Å². The minimum atomic E-state index is -0.891. The van der Waals surface area contributed by atoms with E-state index in [4.69, 9.17) is 9.84 Å². The van der Waals surface area contributed by atoms with Gasteiger partial charge in [0.15, 0.2) is 17.2 Å². The van der Waals surface area contributed by atoms with Gasteiger partial charge in [0.25, 0.3) is 0 Å². The molecule has 1 heterocycles. The number of para-hydroxylation sites is 2. The maximum Gasteiger partial charge on any atom is 0.303 e. The van der Waals surface area contributed by atoms with Crippen LogP contribution in [-0.4, -0.2) is 26.2 Å². The van der Waals surface area contributed by atoms with Gasteiger partial charge in [-0.2, -0.15) is 0 Å². The molecule has 0 amide bonds. The lowest BCUT2D eigenvalue weighted by molar-refractivity contribution is -0.137. The Morgan fingerprint density at radius 2 is 1.89 bits per heavy atom. The van der Waals surface area contributed by atoms with E-state index in [0.29, 0.717) is 17.3 Å². The molecule has 19 heavy (non-hydrogen) atoms. The molecular weight excluding hydrogens is 248 g/mol. The van der Waals surface area contributed by atoms with Gasteiger partial charge in [0.1, 0.15) is 5.82 Å². The highest BCUT2D eigenvalue weighted by Crippen LogP contribution is 2.29. The van der Waals surface area contributed by atoms with Crippen molar-refractivity contribution in [3.63, 3.8) is 0 Å². The molecule has 2 rings (SSSR count). The Kier molecular flexibility index (Phi) is 3.92. The molecule has 0 aliphatic carbocycles. The number of ether oxygens (including phenoxy) is 1. The fourth-order valence-electron chi connectivity index (χ4n) is 1.41. The number of hydrogen-bond donors (Lipinski definition) is 2. The highest BCUT2D eigenvalue weighted by Gasteiger charge is 2.05. The molecular formula is C13H12N2O4. The lowest BCUT2D eigenvalue weighted by atomic mass is 10.3. The summed E-state index contributed by atoms with van der Waals surface area (Å²) in [6.45, 7) is 0. The second-order valence-electron chi connectivity index (χ2n) is 3.80. The maximum absolute atomic E-state index is 10.4. The van der Waals surface area contributed by atoms with E-state index in [1.165, 1.54) is 18.5 Å². The Labute approximate surface area is 109 Å². The SMILES string of the molecule is O=C(O)CCc1ncc(Oc2ccccc2O)cn1. The Balaban J connectivity index is 2.03. The molecule has 0 fully saturated rings. The number of benzene rings is 1. The lowest BCUT2D eigenvalue weighted by Crippen LogP contribution is -2.01. The van der Waals surface area contributed by atoms with Crippen molar-refractivity contribution in [2.45, 2.75) is 12.8 Å². The van der Waals surface area contributed by atoms with E-state index in [0.717, 1.165) is 0 Å². The number of hydrogen-bond acceptors (Lipinski definition) is 5. The highest BCUT2D eigenvalue weighted by atomic mass is 16.5. The van der Waals surface area contributed by atoms with Crippen LogP contribution >= 0.6 is 0 Å². The van der Waals surface area contributed by atoms with Crippen LogP contribution in [0.1, 0.15) is 12.2 Å². The third kappa shape index (κ3) is 3.67. The van der Waals surface area contributed by atoms with Gasteiger partial charge in [-0.3, -0.25) is 4.79 Å². The monoisotopic (exact) mass is 260 g/mol. The Morgan fingerprint density at radius 1 is 1.21 bits per heavy atom.